The second-order valence-corrected chi connectivity index (χ2v) is 6.62. The van der Waals surface area contributed by atoms with Crippen molar-refractivity contribution in [2.75, 3.05) is 0 Å². The maximum absolute atomic E-state index is 13.4. The van der Waals surface area contributed by atoms with Gasteiger partial charge in [-0.1, -0.05) is 22.9 Å². The van der Waals surface area contributed by atoms with Gasteiger partial charge in [0, 0.05) is 11.0 Å². The fourth-order valence-corrected chi connectivity index (χ4v) is 3.21. The summed E-state index contributed by atoms with van der Waals surface area (Å²) < 4.78 is 28.8. The van der Waals surface area contributed by atoms with E-state index in [0.29, 0.717) is 27.7 Å². The van der Waals surface area contributed by atoms with Crippen molar-refractivity contribution >= 4 is 21.8 Å². The van der Waals surface area contributed by atoms with Crippen LogP contribution < -0.4 is 5.32 Å². The van der Waals surface area contributed by atoms with E-state index in [2.05, 4.69) is 26.3 Å². The largest absolute Gasteiger partial charge is 0.348 e. The standard InChI is InChI=1S/C19H16BrF2N3O/c1-2-18-17(11-24-25(18)16-5-3-14(21)4-6-16)19(26)23-10-12-7-13(20)9-15(22)8-12/h3-9,11H,2,10H2,1H3,(H,23,26). The highest BCUT2D eigenvalue weighted by molar-refractivity contribution is 9.10. The molecule has 0 aliphatic heterocycles. The lowest BCUT2D eigenvalue weighted by Crippen LogP contribution is -2.23. The van der Waals surface area contributed by atoms with Gasteiger partial charge in [0.05, 0.1) is 23.1 Å². The van der Waals surface area contributed by atoms with Crippen molar-refractivity contribution in [1.82, 2.24) is 15.1 Å². The first-order valence-electron chi connectivity index (χ1n) is 8.04. The van der Waals surface area contributed by atoms with Crippen LogP contribution in [-0.4, -0.2) is 15.7 Å². The summed E-state index contributed by atoms with van der Waals surface area (Å²) in [5.41, 5.74) is 2.48. The fourth-order valence-electron chi connectivity index (χ4n) is 2.70. The van der Waals surface area contributed by atoms with E-state index in [9.17, 15) is 13.6 Å². The number of hydrogen-bond donors (Lipinski definition) is 1. The van der Waals surface area contributed by atoms with Gasteiger partial charge in [0.25, 0.3) is 5.91 Å². The molecular formula is C19H16BrF2N3O. The Kier molecular flexibility index (Phi) is 5.46. The molecule has 2 aromatic carbocycles. The first-order chi connectivity index (χ1) is 12.5. The number of aromatic nitrogens is 2. The summed E-state index contributed by atoms with van der Waals surface area (Å²) in [6, 6.07) is 10.4. The third-order valence-electron chi connectivity index (χ3n) is 3.89. The number of carbonyl (C=O) groups excluding carboxylic acids is 1. The quantitative estimate of drug-likeness (QED) is 0.665. The van der Waals surface area contributed by atoms with Gasteiger partial charge in [-0.05, 0) is 54.4 Å². The van der Waals surface area contributed by atoms with E-state index in [1.807, 2.05) is 6.92 Å². The zero-order valence-corrected chi connectivity index (χ0v) is 15.6. The minimum absolute atomic E-state index is 0.195. The lowest BCUT2D eigenvalue weighted by molar-refractivity contribution is 0.0950. The predicted octanol–water partition coefficient (Wildman–Crippen LogP) is 4.41. The van der Waals surface area contributed by atoms with Crippen LogP contribution in [0.2, 0.25) is 0 Å². The van der Waals surface area contributed by atoms with E-state index < -0.39 is 0 Å². The molecule has 0 saturated carbocycles. The van der Waals surface area contributed by atoms with Gasteiger partial charge in [-0.25, -0.2) is 13.5 Å². The van der Waals surface area contributed by atoms with Crippen LogP contribution >= 0.6 is 15.9 Å². The van der Waals surface area contributed by atoms with Gasteiger partial charge in [-0.3, -0.25) is 4.79 Å². The highest BCUT2D eigenvalue weighted by Crippen LogP contribution is 2.18. The summed E-state index contributed by atoms with van der Waals surface area (Å²) in [5, 5.41) is 7.04. The van der Waals surface area contributed by atoms with Crippen LogP contribution in [0.4, 0.5) is 8.78 Å². The maximum atomic E-state index is 13.4. The summed E-state index contributed by atoms with van der Waals surface area (Å²) in [4.78, 5) is 12.5. The highest BCUT2D eigenvalue weighted by atomic mass is 79.9. The van der Waals surface area contributed by atoms with E-state index >= 15 is 0 Å². The molecule has 3 aromatic rings. The fraction of sp³-hybridized carbons (Fsp3) is 0.158. The van der Waals surface area contributed by atoms with Crippen molar-refractivity contribution in [3.05, 3.63) is 81.6 Å². The topological polar surface area (TPSA) is 46.9 Å². The van der Waals surface area contributed by atoms with E-state index in [-0.39, 0.29) is 24.1 Å². The Balaban J connectivity index is 1.80. The molecule has 0 radical (unpaired) electrons. The van der Waals surface area contributed by atoms with Crippen LogP contribution in [0, 0.1) is 11.6 Å². The minimum Gasteiger partial charge on any atom is -0.348 e. The van der Waals surface area contributed by atoms with E-state index in [1.54, 1.807) is 22.9 Å². The second kappa shape index (κ2) is 7.78. The Morgan fingerprint density at radius 1 is 1.15 bits per heavy atom. The van der Waals surface area contributed by atoms with Gasteiger partial charge in [0.2, 0.25) is 0 Å². The van der Waals surface area contributed by atoms with E-state index in [0.717, 1.165) is 5.69 Å². The molecule has 1 N–H and O–H groups in total. The molecule has 0 saturated heterocycles. The molecule has 0 aliphatic carbocycles. The lowest BCUT2D eigenvalue weighted by atomic mass is 10.1. The number of carbonyl (C=O) groups is 1. The average Bonchev–Trinajstić information content (AvgIpc) is 3.03. The van der Waals surface area contributed by atoms with Gasteiger partial charge in [-0.2, -0.15) is 5.10 Å². The number of nitrogens with zero attached hydrogens (tertiary/aromatic N) is 2. The maximum Gasteiger partial charge on any atom is 0.255 e. The van der Waals surface area contributed by atoms with Crippen LogP contribution in [0.25, 0.3) is 5.69 Å². The molecule has 134 valence electrons. The Morgan fingerprint density at radius 2 is 1.88 bits per heavy atom. The van der Waals surface area contributed by atoms with Crippen LogP contribution in [-0.2, 0) is 13.0 Å². The minimum atomic E-state index is -0.373. The third kappa shape index (κ3) is 3.99. The number of rotatable bonds is 5. The molecule has 0 unspecified atom stereocenters. The Bertz CT molecular complexity index is 918. The Morgan fingerprint density at radius 3 is 2.54 bits per heavy atom. The van der Waals surface area contributed by atoms with Crippen molar-refractivity contribution in [3.8, 4) is 5.69 Å². The molecule has 1 aromatic heterocycles. The molecule has 3 rings (SSSR count). The summed E-state index contributed by atoms with van der Waals surface area (Å²) >= 11 is 3.23. The molecule has 0 atom stereocenters. The van der Waals surface area contributed by atoms with Crippen molar-refractivity contribution in [2.24, 2.45) is 0 Å². The molecule has 1 heterocycles. The van der Waals surface area contributed by atoms with Gasteiger partial charge in [-0.15, -0.1) is 0 Å². The number of nitrogens with one attached hydrogen (secondary N) is 1. The molecule has 7 heteroatoms. The molecule has 4 nitrogen and oxygen atoms in total. The van der Waals surface area contributed by atoms with Crippen molar-refractivity contribution in [3.63, 3.8) is 0 Å². The number of hydrogen-bond acceptors (Lipinski definition) is 2. The van der Waals surface area contributed by atoms with Gasteiger partial charge in [0.15, 0.2) is 0 Å². The number of benzene rings is 2. The molecule has 0 fully saturated rings. The normalized spacial score (nSPS) is 10.8. The van der Waals surface area contributed by atoms with Gasteiger partial charge in [0.1, 0.15) is 11.6 Å². The van der Waals surface area contributed by atoms with Crippen LogP contribution in [0.5, 0.6) is 0 Å². The third-order valence-corrected chi connectivity index (χ3v) is 4.35. The molecule has 1 amide bonds. The van der Waals surface area contributed by atoms with Crippen molar-refractivity contribution in [2.45, 2.75) is 19.9 Å². The summed E-state index contributed by atoms with van der Waals surface area (Å²) in [7, 11) is 0. The Labute approximate surface area is 158 Å². The van der Waals surface area contributed by atoms with Crippen LogP contribution in [0.15, 0.2) is 53.1 Å². The average molecular weight is 420 g/mol. The zero-order valence-electron chi connectivity index (χ0n) is 14.0. The van der Waals surface area contributed by atoms with Crippen LogP contribution in [0.3, 0.4) is 0 Å². The van der Waals surface area contributed by atoms with Crippen molar-refractivity contribution in [1.29, 1.82) is 0 Å². The summed E-state index contributed by atoms with van der Waals surface area (Å²) in [6.45, 7) is 2.11. The molecular weight excluding hydrogens is 404 g/mol. The molecule has 0 bridgehead atoms. The van der Waals surface area contributed by atoms with Crippen molar-refractivity contribution < 1.29 is 13.6 Å². The monoisotopic (exact) mass is 419 g/mol. The first-order valence-corrected chi connectivity index (χ1v) is 8.83. The van der Waals surface area contributed by atoms with E-state index in [1.165, 1.54) is 30.5 Å². The Hall–Kier alpha value is -2.54. The summed E-state index contributed by atoms with van der Waals surface area (Å²) in [6.07, 6.45) is 2.06. The molecule has 26 heavy (non-hydrogen) atoms. The summed E-state index contributed by atoms with van der Waals surface area (Å²) in [5.74, 6) is -1.00. The van der Waals surface area contributed by atoms with Gasteiger partial charge < -0.3 is 5.32 Å². The van der Waals surface area contributed by atoms with Crippen LogP contribution in [0.1, 0.15) is 28.5 Å². The number of halogens is 3. The highest BCUT2D eigenvalue weighted by Gasteiger charge is 2.17. The lowest BCUT2D eigenvalue weighted by Gasteiger charge is -2.09. The predicted molar refractivity (Wildman–Crippen MR) is 98.2 cm³/mol. The smallest absolute Gasteiger partial charge is 0.255 e. The molecule has 0 aliphatic rings. The zero-order chi connectivity index (χ0) is 18.7. The SMILES string of the molecule is CCc1c(C(=O)NCc2cc(F)cc(Br)c2)cnn1-c1ccc(F)cc1. The van der Waals surface area contributed by atoms with Gasteiger partial charge >= 0.3 is 0 Å². The first kappa shape index (κ1) is 18.3. The van der Waals surface area contributed by atoms with E-state index in [4.69, 9.17) is 0 Å². The molecule has 0 spiro atoms. The second-order valence-electron chi connectivity index (χ2n) is 5.71. The number of amides is 1.